The van der Waals surface area contributed by atoms with Crippen LogP contribution in [0.15, 0.2) is 104 Å². The SMILES string of the molecule is COC(=O)c1cocc1C(=O)O.COC(=O)c1cocc1C(=O)OC.NC(=O)c1cocc1C(=O)O.O=c1[nH]c(=O)c2cocc2[nH]1.O=c1[nH]c(=O)n(C2CC(O)C(CO)O2)c2cocc12. The number of rotatable bonds is 8. The van der Waals surface area contributed by atoms with Crippen molar-refractivity contribution in [3.63, 3.8) is 0 Å². The predicted octanol–water partition coefficient (Wildman–Crippen LogP) is 0.427. The maximum Gasteiger partial charge on any atom is 0.342 e. The summed E-state index contributed by atoms with van der Waals surface area (Å²) in [6.45, 7) is -0.343. The largest absolute Gasteiger partial charge is 0.478 e. The zero-order valence-corrected chi connectivity index (χ0v) is 34.0. The summed E-state index contributed by atoms with van der Waals surface area (Å²) in [6, 6.07) is 0. The number of H-pyrrole nitrogens is 3. The molecule has 350 valence electrons. The number of carboxylic acid groups (broad SMARTS) is 2. The van der Waals surface area contributed by atoms with Crippen LogP contribution in [0.5, 0.6) is 0 Å². The molecule has 8 heterocycles. The molecule has 3 atom stereocenters. The first-order valence-corrected chi connectivity index (χ1v) is 17.9. The number of nitrogens with one attached hydrogen (secondary N) is 3. The summed E-state index contributed by atoms with van der Waals surface area (Å²) >= 11 is 0. The molecule has 0 radical (unpaired) electrons. The normalized spacial score (nSPS) is 14.7. The number of carbonyl (C=O) groups excluding carboxylic acids is 4. The van der Waals surface area contributed by atoms with Gasteiger partial charge in [-0.3, -0.25) is 28.9 Å². The van der Waals surface area contributed by atoms with Crippen molar-refractivity contribution in [3.05, 3.63) is 138 Å². The molecule has 0 spiro atoms. The first-order chi connectivity index (χ1) is 31.4. The van der Waals surface area contributed by atoms with Crippen molar-refractivity contribution >= 4 is 57.6 Å². The molecule has 7 aromatic heterocycles. The minimum Gasteiger partial charge on any atom is -0.478 e. The van der Waals surface area contributed by atoms with E-state index in [0.29, 0.717) is 16.4 Å². The van der Waals surface area contributed by atoms with Crippen molar-refractivity contribution in [2.75, 3.05) is 27.9 Å². The molecule has 0 aliphatic carbocycles. The molecule has 0 aromatic carbocycles. The average molecular weight is 930 g/mol. The quantitative estimate of drug-likeness (QED) is 0.0756. The molecule has 7 aromatic rings. The fourth-order valence-electron chi connectivity index (χ4n) is 5.42. The fourth-order valence-corrected chi connectivity index (χ4v) is 5.42. The molecule has 66 heavy (non-hydrogen) atoms. The van der Waals surface area contributed by atoms with Gasteiger partial charge in [-0.05, 0) is 0 Å². The van der Waals surface area contributed by atoms with Crippen LogP contribution in [0.25, 0.3) is 21.8 Å². The minimum atomic E-state index is -1.23. The number of carboxylic acids is 2. The third-order valence-corrected chi connectivity index (χ3v) is 8.57. The molecule has 9 N–H and O–H groups in total. The van der Waals surface area contributed by atoms with Crippen molar-refractivity contribution in [1.82, 2.24) is 19.5 Å². The second-order valence-electron chi connectivity index (χ2n) is 12.6. The number of amides is 1. The number of aromatic carboxylic acids is 2. The highest BCUT2D eigenvalue weighted by Crippen LogP contribution is 2.29. The number of fused-ring (bicyclic) bond motifs is 2. The molecule has 0 saturated carbocycles. The highest BCUT2D eigenvalue weighted by molar-refractivity contribution is 6.04. The molecule has 1 saturated heterocycles. The molecule has 1 amide bonds. The summed E-state index contributed by atoms with van der Waals surface area (Å²) in [7, 11) is 3.60. The van der Waals surface area contributed by atoms with Gasteiger partial charge in [0.05, 0.1) is 50.6 Å². The van der Waals surface area contributed by atoms with Crippen LogP contribution in [0, 0.1) is 0 Å². The van der Waals surface area contributed by atoms with E-state index in [1.165, 1.54) is 50.9 Å². The van der Waals surface area contributed by atoms with Crippen molar-refractivity contribution in [1.29, 1.82) is 0 Å². The van der Waals surface area contributed by atoms with E-state index in [1.807, 2.05) is 0 Å². The summed E-state index contributed by atoms with van der Waals surface area (Å²) in [4.78, 5) is 116. The monoisotopic (exact) mass is 929 g/mol. The Kier molecular flexibility index (Phi) is 16.8. The van der Waals surface area contributed by atoms with Gasteiger partial charge in [-0.1, -0.05) is 0 Å². The Balaban J connectivity index is 0.000000184. The molecule has 8 rings (SSSR count). The van der Waals surface area contributed by atoms with Crippen LogP contribution < -0.4 is 28.2 Å². The van der Waals surface area contributed by atoms with E-state index in [1.54, 1.807) is 0 Å². The van der Waals surface area contributed by atoms with E-state index >= 15 is 0 Å². The topological polar surface area (TPSA) is 433 Å². The van der Waals surface area contributed by atoms with E-state index in [9.17, 15) is 53.1 Å². The number of hydrogen-bond donors (Lipinski definition) is 8. The Hall–Kier alpha value is -9.02. The number of aliphatic hydroxyl groups excluding tert-OH is 2. The van der Waals surface area contributed by atoms with Crippen LogP contribution in [-0.4, -0.2) is 116 Å². The third-order valence-electron chi connectivity index (χ3n) is 8.57. The minimum absolute atomic E-state index is 0.0642. The number of furan rings is 5. The average Bonchev–Trinajstić information content (AvgIpc) is 4.14. The summed E-state index contributed by atoms with van der Waals surface area (Å²) in [5.41, 5.74) is 2.94. The number of primary amides is 1. The highest BCUT2D eigenvalue weighted by Gasteiger charge is 2.36. The van der Waals surface area contributed by atoms with Crippen molar-refractivity contribution < 1.29 is 90.2 Å². The standard InChI is InChI=1S/C11H12N2O6.C8H8O5.C7H6O5.C6H4N2O3.C6H5NO4/c14-2-8-7(15)1-9(19-8)13-6-4-18-3-5(6)10(16)12-11(13)17;1-11-7(9)5-3-13-4-6(5)8(10)12-2;1-11-7(10)5-3-12-2-4(5)6(8)9;9-5-3-1-11-2-4(3)7-6(10)8-5;7-5(8)3-1-11-2-4(3)6(9)10/h3-4,7-9,14-15H,1-2H2,(H,12,16,17);3-4H,1-2H3;2-3H,1H3,(H,8,9);1-2H,(H2,7,8,9,10);1-2H,(H2,7,8)(H,9,10). The van der Waals surface area contributed by atoms with Crippen LogP contribution >= 0.6 is 0 Å². The van der Waals surface area contributed by atoms with Gasteiger partial charge in [0.15, 0.2) is 0 Å². The molecule has 28 heteroatoms. The molecule has 28 nitrogen and oxygen atoms in total. The summed E-state index contributed by atoms with van der Waals surface area (Å²) in [6.07, 6.45) is 9.15. The van der Waals surface area contributed by atoms with Crippen LogP contribution in [0.3, 0.4) is 0 Å². The highest BCUT2D eigenvalue weighted by atomic mass is 16.5. The number of aromatic amines is 3. The molecule has 1 aliphatic rings. The second kappa shape index (κ2) is 22.4. The molecule has 1 fully saturated rings. The van der Waals surface area contributed by atoms with Crippen LogP contribution in [0.4, 0.5) is 0 Å². The number of methoxy groups -OCH3 is 3. The molecule has 1 aliphatic heterocycles. The van der Waals surface area contributed by atoms with Gasteiger partial charge >= 0.3 is 41.2 Å². The maximum atomic E-state index is 11.9. The van der Waals surface area contributed by atoms with Crippen molar-refractivity contribution in [2.24, 2.45) is 5.73 Å². The van der Waals surface area contributed by atoms with Gasteiger partial charge in [-0.2, -0.15) is 0 Å². The Bertz CT molecular complexity index is 3020. The lowest BCUT2D eigenvalue weighted by molar-refractivity contribution is -0.0443. The Morgan fingerprint density at radius 1 is 0.636 bits per heavy atom. The van der Waals surface area contributed by atoms with Crippen molar-refractivity contribution in [3.8, 4) is 0 Å². The zero-order chi connectivity index (χ0) is 48.8. The molecular formula is C38H35N5O23. The third kappa shape index (κ3) is 11.7. The smallest absolute Gasteiger partial charge is 0.342 e. The van der Waals surface area contributed by atoms with E-state index in [2.05, 4.69) is 42.4 Å². The number of esters is 3. The zero-order valence-electron chi connectivity index (χ0n) is 34.0. The molecular weight excluding hydrogens is 894 g/mol. The van der Waals surface area contributed by atoms with Gasteiger partial charge in [0.1, 0.15) is 114 Å². The van der Waals surface area contributed by atoms with Crippen LogP contribution in [0.2, 0.25) is 0 Å². The van der Waals surface area contributed by atoms with E-state index < -0.39 is 76.7 Å². The van der Waals surface area contributed by atoms with Gasteiger partial charge < -0.3 is 72.2 Å². The Morgan fingerprint density at radius 3 is 1.55 bits per heavy atom. The fraction of sp³-hybridized carbons (Fsp3) is 0.211. The molecule has 0 bridgehead atoms. The number of ether oxygens (including phenoxy) is 4. The lowest BCUT2D eigenvalue weighted by atomic mass is 10.2. The number of nitrogens with two attached hydrogens (primary N) is 1. The van der Waals surface area contributed by atoms with Gasteiger partial charge in [0.25, 0.3) is 17.0 Å². The van der Waals surface area contributed by atoms with Gasteiger partial charge in [0, 0.05) is 6.42 Å². The van der Waals surface area contributed by atoms with Gasteiger partial charge in [0.2, 0.25) is 0 Å². The summed E-state index contributed by atoms with van der Waals surface area (Å²) < 4.78 is 43.2. The van der Waals surface area contributed by atoms with E-state index in [-0.39, 0.29) is 51.8 Å². The van der Waals surface area contributed by atoms with E-state index in [0.717, 1.165) is 37.6 Å². The lowest BCUT2D eigenvalue weighted by Gasteiger charge is -2.14. The second-order valence-corrected chi connectivity index (χ2v) is 12.6. The number of aromatic nitrogens is 4. The van der Waals surface area contributed by atoms with Gasteiger partial charge in [-0.15, -0.1) is 0 Å². The lowest BCUT2D eigenvalue weighted by Crippen LogP contribution is -2.32. The van der Waals surface area contributed by atoms with E-state index in [4.69, 9.17) is 34.6 Å². The number of carbonyl (C=O) groups is 6. The van der Waals surface area contributed by atoms with Gasteiger partial charge in [-0.25, -0.2) is 33.6 Å². The maximum absolute atomic E-state index is 11.9. The summed E-state index contributed by atoms with van der Waals surface area (Å²) in [5.74, 6) is -5.24. The summed E-state index contributed by atoms with van der Waals surface area (Å²) in [5, 5.41) is 36.3. The molecule has 3 unspecified atom stereocenters. The number of nitrogens with zero attached hydrogens (tertiary/aromatic N) is 1. The van der Waals surface area contributed by atoms with Crippen LogP contribution in [0.1, 0.15) is 74.8 Å². The number of aliphatic hydroxyl groups is 2. The van der Waals surface area contributed by atoms with Crippen LogP contribution in [-0.2, 0) is 18.9 Å². The van der Waals surface area contributed by atoms with Crippen molar-refractivity contribution in [2.45, 2.75) is 24.9 Å². The Morgan fingerprint density at radius 2 is 1.08 bits per heavy atom. The first kappa shape index (κ1) is 49.6. The predicted molar refractivity (Wildman–Crippen MR) is 213 cm³/mol. The first-order valence-electron chi connectivity index (χ1n) is 17.9. The number of hydrogen-bond acceptors (Lipinski definition) is 21. The Labute approximate surface area is 363 Å².